The second-order valence-corrected chi connectivity index (χ2v) is 4.18. The van der Waals surface area contributed by atoms with Gasteiger partial charge in [-0.1, -0.05) is 11.3 Å². The summed E-state index contributed by atoms with van der Waals surface area (Å²) in [4.78, 5) is 22.6. The number of nitrogens with zero attached hydrogens (tertiary/aromatic N) is 1. The number of hydrogen-bond acceptors (Lipinski definition) is 5. The zero-order valence-electron chi connectivity index (χ0n) is 8.84. The Balaban J connectivity index is 2.61. The summed E-state index contributed by atoms with van der Waals surface area (Å²) in [6.45, 7) is 0.977. The monoisotopic (exact) mass is 246 g/mol. The summed E-state index contributed by atoms with van der Waals surface area (Å²) in [6, 6.07) is -0.679. The molecule has 16 heavy (non-hydrogen) atoms. The van der Waals surface area contributed by atoms with Gasteiger partial charge in [0.1, 0.15) is 6.54 Å². The lowest BCUT2D eigenvalue weighted by atomic mass is 10.3. The first-order valence-corrected chi connectivity index (χ1v) is 5.62. The molecule has 0 fully saturated rings. The summed E-state index contributed by atoms with van der Waals surface area (Å²) < 4.78 is 1.34. The van der Waals surface area contributed by atoms with Crippen molar-refractivity contribution in [3.8, 4) is 0 Å². The van der Waals surface area contributed by atoms with E-state index in [0.29, 0.717) is 0 Å². The first-order chi connectivity index (χ1) is 7.58. The van der Waals surface area contributed by atoms with Gasteiger partial charge in [-0.15, -0.1) is 0 Å². The maximum atomic E-state index is 11.5. The molecule has 1 rings (SSSR count). The predicted molar refractivity (Wildman–Crippen MR) is 59.4 cm³/mol. The van der Waals surface area contributed by atoms with Crippen LogP contribution in [0.25, 0.3) is 0 Å². The number of hydrogen-bond donors (Lipinski definition) is 3. The quantitative estimate of drug-likeness (QED) is 0.601. The molecule has 1 aromatic rings. The average molecular weight is 246 g/mol. The SMILES string of the molecule is Cc1csc(=O)n1CC(=O)NC(CO)CO. The summed E-state index contributed by atoms with van der Waals surface area (Å²) in [7, 11) is 0. The number of thiazole rings is 1. The van der Waals surface area contributed by atoms with Crippen molar-refractivity contribution in [1.29, 1.82) is 0 Å². The van der Waals surface area contributed by atoms with Gasteiger partial charge >= 0.3 is 4.87 Å². The van der Waals surface area contributed by atoms with E-state index in [4.69, 9.17) is 10.2 Å². The number of carbonyl (C=O) groups excluding carboxylic acids is 1. The van der Waals surface area contributed by atoms with Crippen LogP contribution in [0.4, 0.5) is 0 Å². The molecule has 0 aliphatic carbocycles. The summed E-state index contributed by atoms with van der Waals surface area (Å²) in [5.74, 6) is -0.406. The molecule has 7 heteroatoms. The van der Waals surface area contributed by atoms with E-state index in [0.717, 1.165) is 17.0 Å². The highest BCUT2D eigenvalue weighted by Gasteiger charge is 2.12. The fraction of sp³-hybridized carbons (Fsp3) is 0.556. The van der Waals surface area contributed by atoms with Crippen molar-refractivity contribution in [3.63, 3.8) is 0 Å². The Bertz CT molecular complexity index is 408. The molecule has 1 amide bonds. The van der Waals surface area contributed by atoms with Crippen molar-refractivity contribution < 1.29 is 15.0 Å². The van der Waals surface area contributed by atoms with Crippen LogP contribution in [0.15, 0.2) is 10.2 Å². The van der Waals surface area contributed by atoms with Crippen LogP contribution in [-0.2, 0) is 11.3 Å². The second kappa shape index (κ2) is 5.78. The average Bonchev–Trinajstić information content (AvgIpc) is 2.57. The smallest absolute Gasteiger partial charge is 0.307 e. The van der Waals surface area contributed by atoms with E-state index in [1.807, 2.05) is 0 Å². The van der Waals surface area contributed by atoms with Gasteiger partial charge in [0.25, 0.3) is 0 Å². The van der Waals surface area contributed by atoms with E-state index in [2.05, 4.69) is 5.32 Å². The lowest BCUT2D eigenvalue weighted by Crippen LogP contribution is -2.42. The van der Waals surface area contributed by atoms with Crippen molar-refractivity contribution in [1.82, 2.24) is 9.88 Å². The third-order valence-electron chi connectivity index (χ3n) is 2.08. The van der Waals surface area contributed by atoms with E-state index < -0.39 is 11.9 Å². The molecular weight excluding hydrogens is 232 g/mol. The topological polar surface area (TPSA) is 91.6 Å². The summed E-state index contributed by atoms with van der Waals surface area (Å²) in [5, 5.41) is 21.6. The van der Waals surface area contributed by atoms with Crippen molar-refractivity contribution in [2.45, 2.75) is 19.5 Å². The molecule has 90 valence electrons. The molecular formula is C9H14N2O4S. The molecule has 0 aliphatic rings. The third kappa shape index (κ3) is 3.16. The van der Waals surface area contributed by atoms with Crippen molar-refractivity contribution in [2.24, 2.45) is 0 Å². The van der Waals surface area contributed by atoms with E-state index in [9.17, 15) is 9.59 Å². The highest BCUT2D eigenvalue weighted by Crippen LogP contribution is 1.98. The molecule has 0 radical (unpaired) electrons. The van der Waals surface area contributed by atoms with Crippen molar-refractivity contribution in [2.75, 3.05) is 13.2 Å². The maximum Gasteiger partial charge on any atom is 0.307 e. The van der Waals surface area contributed by atoms with Crippen LogP contribution in [0.5, 0.6) is 0 Å². The van der Waals surface area contributed by atoms with Gasteiger partial charge in [0.05, 0.1) is 19.3 Å². The lowest BCUT2D eigenvalue weighted by Gasteiger charge is -2.13. The number of aliphatic hydroxyl groups excluding tert-OH is 2. The molecule has 0 bridgehead atoms. The highest BCUT2D eigenvalue weighted by atomic mass is 32.1. The number of nitrogens with one attached hydrogen (secondary N) is 1. The number of aromatic nitrogens is 1. The Morgan fingerprint density at radius 2 is 2.19 bits per heavy atom. The number of rotatable bonds is 5. The largest absolute Gasteiger partial charge is 0.394 e. The number of amides is 1. The molecule has 0 aliphatic heterocycles. The van der Waals surface area contributed by atoms with Gasteiger partial charge < -0.3 is 15.5 Å². The summed E-state index contributed by atoms with van der Waals surface area (Å²) >= 11 is 1.03. The molecule has 0 saturated carbocycles. The van der Waals surface area contributed by atoms with Crippen LogP contribution in [0, 0.1) is 6.92 Å². The molecule has 0 atom stereocenters. The Labute approximate surface area is 96.2 Å². The fourth-order valence-corrected chi connectivity index (χ4v) is 1.90. The van der Waals surface area contributed by atoms with Crippen LogP contribution < -0.4 is 10.2 Å². The highest BCUT2D eigenvalue weighted by molar-refractivity contribution is 7.07. The zero-order valence-corrected chi connectivity index (χ0v) is 9.66. The summed E-state index contributed by atoms with van der Waals surface area (Å²) in [6.07, 6.45) is 0. The Hall–Kier alpha value is -1.18. The van der Waals surface area contributed by atoms with Gasteiger partial charge in [0, 0.05) is 11.1 Å². The molecule has 0 unspecified atom stereocenters. The Kier molecular flexibility index (Phi) is 4.66. The van der Waals surface area contributed by atoms with Crippen LogP contribution in [0.1, 0.15) is 5.69 Å². The van der Waals surface area contributed by atoms with Gasteiger partial charge in [-0.05, 0) is 6.92 Å². The van der Waals surface area contributed by atoms with Gasteiger partial charge in [-0.25, -0.2) is 0 Å². The van der Waals surface area contributed by atoms with E-state index in [1.54, 1.807) is 12.3 Å². The Morgan fingerprint density at radius 3 is 2.62 bits per heavy atom. The minimum Gasteiger partial charge on any atom is -0.394 e. The van der Waals surface area contributed by atoms with Gasteiger partial charge in [0.15, 0.2) is 0 Å². The predicted octanol–water partition coefficient (Wildman–Crippen LogP) is -1.31. The van der Waals surface area contributed by atoms with Gasteiger partial charge in [-0.2, -0.15) is 0 Å². The first-order valence-electron chi connectivity index (χ1n) is 4.74. The lowest BCUT2D eigenvalue weighted by molar-refractivity contribution is -0.123. The van der Waals surface area contributed by atoms with Crippen LogP contribution in [-0.4, -0.2) is 39.9 Å². The van der Waals surface area contributed by atoms with Gasteiger partial charge in [-0.3, -0.25) is 14.2 Å². The Morgan fingerprint density at radius 1 is 1.56 bits per heavy atom. The summed E-state index contributed by atoms with van der Waals surface area (Å²) in [5.41, 5.74) is 0.717. The number of aryl methyl sites for hydroxylation is 1. The standard InChI is InChI=1S/C9H14N2O4S/c1-6-5-16-9(15)11(6)2-8(14)10-7(3-12)4-13/h5,7,12-13H,2-4H2,1H3,(H,10,14). The second-order valence-electron chi connectivity index (χ2n) is 3.36. The molecule has 0 saturated heterocycles. The fourth-order valence-electron chi connectivity index (χ4n) is 1.16. The molecule has 1 heterocycles. The van der Waals surface area contributed by atoms with Crippen LogP contribution in [0.3, 0.4) is 0 Å². The third-order valence-corrected chi connectivity index (χ3v) is 2.97. The number of carbonyl (C=O) groups is 1. The number of aliphatic hydroxyl groups is 2. The van der Waals surface area contributed by atoms with Gasteiger partial charge in [0.2, 0.25) is 5.91 Å². The normalized spacial score (nSPS) is 10.8. The molecule has 6 nitrogen and oxygen atoms in total. The van der Waals surface area contributed by atoms with Crippen LogP contribution >= 0.6 is 11.3 Å². The molecule has 0 aromatic carbocycles. The molecule has 1 aromatic heterocycles. The maximum absolute atomic E-state index is 11.5. The molecule has 3 N–H and O–H groups in total. The van der Waals surface area contributed by atoms with E-state index >= 15 is 0 Å². The van der Waals surface area contributed by atoms with E-state index in [-0.39, 0.29) is 24.6 Å². The van der Waals surface area contributed by atoms with E-state index in [1.165, 1.54) is 4.57 Å². The minimum atomic E-state index is -0.679. The van der Waals surface area contributed by atoms with Crippen molar-refractivity contribution >= 4 is 17.2 Å². The van der Waals surface area contributed by atoms with Crippen molar-refractivity contribution in [3.05, 3.63) is 20.7 Å². The zero-order chi connectivity index (χ0) is 12.1. The minimum absolute atomic E-state index is 0.0926. The molecule has 0 spiro atoms. The first kappa shape index (κ1) is 12.9. The van der Waals surface area contributed by atoms with Crippen LogP contribution in [0.2, 0.25) is 0 Å².